The Morgan fingerprint density at radius 2 is 1.43 bits per heavy atom. The molecule has 2 aromatic carbocycles. The Hall–Kier alpha value is -2.90. The van der Waals surface area contributed by atoms with Gasteiger partial charge < -0.3 is 14.1 Å². The van der Waals surface area contributed by atoms with Crippen molar-refractivity contribution in [2.24, 2.45) is 0 Å². The van der Waals surface area contributed by atoms with Crippen LogP contribution in [0.15, 0.2) is 56.1 Å². The molecule has 0 saturated heterocycles. The van der Waals surface area contributed by atoms with Crippen molar-refractivity contribution >= 4 is 32.6 Å². The lowest BCUT2D eigenvalue weighted by atomic mass is 10.1. The monoisotopic (exact) mass is 577 g/mol. The van der Waals surface area contributed by atoms with Crippen LogP contribution in [0, 0.1) is 0 Å². The first-order valence-electron chi connectivity index (χ1n) is 9.47. The molecule has 0 atom stereocenters. The molecule has 14 heteroatoms. The van der Waals surface area contributed by atoms with E-state index in [1.165, 1.54) is 12.1 Å². The fourth-order valence-electron chi connectivity index (χ4n) is 3.18. The van der Waals surface area contributed by atoms with Crippen molar-refractivity contribution in [3.05, 3.63) is 68.5 Å². The van der Waals surface area contributed by atoms with Gasteiger partial charge in [0, 0.05) is 22.0 Å². The Morgan fingerprint density at radius 3 is 1.94 bits per heavy atom. The molecule has 3 aromatic rings. The average molecular weight is 578 g/mol. The molecule has 0 spiro atoms. The summed E-state index contributed by atoms with van der Waals surface area (Å²) in [6, 6.07) is 7.43. The first-order valence-corrected chi connectivity index (χ1v) is 10.3. The highest BCUT2D eigenvalue weighted by Gasteiger charge is 2.40. The second-order valence-electron chi connectivity index (χ2n) is 7.29. The summed E-state index contributed by atoms with van der Waals surface area (Å²) in [6.45, 7) is -4.63. The topological polar surface area (TPSA) is 42.7 Å². The van der Waals surface area contributed by atoms with Gasteiger partial charge in [-0.2, -0.15) is 39.5 Å². The zero-order valence-corrected chi connectivity index (χ0v) is 18.7. The maximum absolute atomic E-state index is 13.5. The molecule has 0 aliphatic rings. The Bertz CT molecular complexity index is 1230. The summed E-state index contributed by atoms with van der Waals surface area (Å²) in [5, 5.41) is -0.905. The van der Waals surface area contributed by atoms with E-state index in [4.69, 9.17) is 9.15 Å². The second kappa shape index (κ2) is 9.63. The number of alkyl halides is 9. The van der Waals surface area contributed by atoms with Gasteiger partial charge in [0.15, 0.2) is 0 Å². The largest absolute Gasteiger partial charge is 0.487 e. The van der Waals surface area contributed by atoms with Crippen molar-refractivity contribution in [3.63, 3.8) is 0 Å². The van der Waals surface area contributed by atoms with Crippen molar-refractivity contribution in [1.82, 2.24) is 0 Å². The summed E-state index contributed by atoms with van der Waals surface area (Å²) >= 11 is 3.19. The van der Waals surface area contributed by atoms with Gasteiger partial charge in [-0.05, 0) is 23.8 Å². The molecule has 0 saturated carbocycles. The molecule has 0 aliphatic heterocycles. The number of benzene rings is 2. The maximum atomic E-state index is 13.5. The third-order valence-electron chi connectivity index (χ3n) is 4.52. The van der Waals surface area contributed by atoms with E-state index in [1.807, 2.05) is 0 Å². The van der Waals surface area contributed by atoms with Gasteiger partial charge in [-0.1, -0.05) is 28.1 Å². The van der Waals surface area contributed by atoms with Crippen LogP contribution in [0.1, 0.15) is 11.1 Å². The minimum absolute atomic E-state index is 0.0618. The molecule has 0 radical (unpaired) electrons. The molecule has 0 amide bonds. The van der Waals surface area contributed by atoms with Crippen LogP contribution < -0.4 is 15.3 Å². The van der Waals surface area contributed by atoms with Gasteiger partial charge in [-0.15, -0.1) is 0 Å². The third kappa shape index (κ3) is 7.29. The molecule has 0 N–H and O–H groups in total. The molecular formula is C21H13BrF9NO3. The lowest BCUT2D eigenvalue weighted by Gasteiger charge is -2.29. The standard InChI is InChI=1S/C21H13BrF9NO3/c22-12-3-1-11(2-4-12)8-34-17-7-16-13(14(21(29,30)31)6-18(33)35-16)5-15(17)32(9-19(23,24)25)10-20(26,27)28/h1-7H,8-10H2. The second-order valence-corrected chi connectivity index (χ2v) is 8.21. The van der Waals surface area contributed by atoms with Gasteiger partial charge in [0.2, 0.25) is 0 Å². The zero-order chi connectivity index (χ0) is 26.2. The van der Waals surface area contributed by atoms with Crippen LogP contribution in [0.4, 0.5) is 45.2 Å². The van der Waals surface area contributed by atoms with Gasteiger partial charge in [0.25, 0.3) is 0 Å². The van der Waals surface area contributed by atoms with E-state index < -0.39 is 65.2 Å². The number of anilines is 1. The molecule has 4 nitrogen and oxygen atoms in total. The fraction of sp³-hybridized carbons (Fsp3) is 0.286. The summed E-state index contributed by atoms with van der Waals surface area (Å²) in [7, 11) is 0. The minimum Gasteiger partial charge on any atom is -0.487 e. The highest BCUT2D eigenvalue weighted by atomic mass is 79.9. The van der Waals surface area contributed by atoms with Gasteiger partial charge >= 0.3 is 24.2 Å². The summed E-state index contributed by atoms with van der Waals surface area (Å²) < 4.78 is 130. The quantitative estimate of drug-likeness (QED) is 0.232. The number of rotatable bonds is 6. The Morgan fingerprint density at radius 1 is 0.857 bits per heavy atom. The van der Waals surface area contributed by atoms with Gasteiger partial charge in [0.05, 0.1) is 11.3 Å². The average Bonchev–Trinajstić information content (AvgIpc) is 2.69. The number of hydrogen-bond donors (Lipinski definition) is 0. The van der Waals surface area contributed by atoms with Crippen LogP contribution in [-0.4, -0.2) is 25.4 Å². The lowest BCUT2D eigenvalue weighted by Crippen LogP contribution is -2.41. The van der Waals surface area contributed by atoms with E-state index in [2.05, 4.69) is 15.9 Å². The molecule has 0 unspecified atom stereocenters. The minimum atomic E-state index is -5.15. The van der Waals surface area contributed by atoms with Crippen molar-refractivity contribution in [3.8, 4) is 5.75 Å². The Kier molecular flexibility index (Phi) is 7.34. The summed E-state index contributed by atoms with van der Waals surface area (Å²) in [5.41, 5.74) is -4.19. The van der Waals surface area contributed by atoms with Crippen LogP contribution in [0.25, 0.3) is 11.0 Å². The number of ether oxygens (including phenoxy) is 1. The number of hydrogen-bond acceptors (Lipinski definition) is 4. The van der Waals surface area contributed by atoms with Crippen LogP contribution >= 0.6 is 15.9 Å². The zero-order valence-electron chi connectivity index (χ0n) is 17.1. The van der Waals surface area contributed by atoms with E-state index >= 15 is 0 Å². The van der Waals surface area contributed by atoms with Gasteiger partial charge in [-0.25, -0.2) is 4.79 Å². The number of halogens is 10. The summed E-state index contributed by atoms with van der Waals surface area (Å²) in [6.07, 6.45) is -15.4. The predicted octanol–water partition coefficient (Wildman–Crippen LogP) is 7.08. The van der Waals surface area contributed by atoms with Crippen LogP contribution in [-0.2, 0) is 12.8 Å². The predicted molar refractivity (Wildman–Crippen MR) is 110 cm³/mol. The van der Waals surface area contributed by atoms with E-state index in [-0.39, 0.29) is 17.6 Å². The van der Waals surface area contributed by atoms with Gasteiger partial charge in [0.1, 0.15) is 31.0 Å². The number of fused-ring (bicyclic) bond motifs is 1. The first kappa shape index (κ1) is 26.7. The van der Waals surface area contributed by atoms with Gasteiger partial charge in [-0.3, -0.25) is 0 Å². The first-order chi connectivity index (χ1) is 16.0. The summed E-state index contributed by atoms with van der Waals surface area (Å²) in [4.78, 5) is 11.5. The number of nitrogens with zero attached hydrogens (tertiary/aromatic N) is 1. The SMILES string of the molecule is O=c1cc(C(F)(F)F)c2cc(N(CC(F)(F)F)CC(F)(F)F)c(OCc3ccc(Br)cc3)cc2o1. The van der Waals surface area contributed by atoms with E-state index in [1.54, 1.807) is 12.1 Å². The molecular weight excluding hydrogens is 565 g/mol. The van der Waals surface area contributed by atoms with Crippen LogP contribution in [0.5, 0.6) is 5.75 Å². The maximum Gasteiger partial charge on any atom is 0.417 e. The van der Waals surface area contributed by atoms with Crippen LogP contribution in [0.3, 0.4) is 0 Å². The lowest BCUT2D eigenvalue weighted by molar-refractivity contribution is -0.138. The Balaban J connectivity index is 2.21. The summed E-state index contributed by atoms with van der Waals surface area (Å²) in [5.74, 6) is -0.642. The molecule has 0 bridgehead atoms. The van der Waals surface area contributed by atoms with Crippen molar-refractivity contribution in [1.29, 1.82) is 0 Å². The normalized spacial score (nSPS) is 12.7. The fourth-order valence-corrected chi connectivity index (χ4v) is 3.44. The van der Waals surface area contributed by atoms with Crippen molar-refractivity contribution in [2.75, 3.05) is 18.0 Å². The van der Waals surface area contributed by atoms with E-state index in [0.29, 0.717) is 22.2 Å². The molecule has 0 aliphatic carbocycles. The molecule has 0 fully saturated rings. The Labute approximate surface area is 199 Å². The van der Waals surface area contributed by atoms with Crippen molar-refractivity contribution in [2.45, 2.75) is 25.1 Å². The molecule has 3 rings (SSSR count). The molecule has 35 heavy (non-hydrogen) atoms. The van der Waals surface area contributed by atoms with Crippen molar-refractivity contribution < 1.29 is 48.7 Å². The van der Waals surface area contributed by atoms with Crippen LogP contribution in [0.2, 0.25) is 0 Å². The van der Waals surface area contributed by atoms with E-state index in [9.17, 15) is 44.3 Å². The smallest absolute Gasteiger partial charge is 0.417 e. The molecule has 1 heterocycles. The highest BCUT2D eigenvalue weighted by Crippen LogP contribution is 2.41. The molecule has 1 aromatic heterocycles. The van der Waals surface area contributed by atoms with E-state index in [0.717, 1.165) is 0 Å². The highest BCUT2D eigenvalue weighted by molar-refractivity contribution is 9.10. The third-order valence-corrected chi connectivity index (χ3v) is 5.05. The molecule has 190 valence electrons.